The van der Waals surface area contributed by atoms with Crippen LogP contribution in [0.4, 0.5) is 10.1 Å². The summed E-state index contributed by atoms with van der Waals surface area (Å²) >= 11 is 0. The molecule has 4 nitrogen and oxygen atoms in total. The van der Waals surface area contributed by atoms with Crippen LogP contribution < -0.4 is 5.32 Å². The number of rotatable bonds is 2. The Morgan fingerprint density at radius 2 is 2.05 bits per heavy atom. The molecular formula is C14H15FN2O2. The van der Waals surface area contributed by atoms with Gasteiger partial charge in [-0.3, -0.25) is 4.79 Å². The smallest absolute Gasteiger partial charge is 0.269 e. The lowest BCUT2D eigenvalue weighted by molar-refractivity contribution is -0.112. The summed E-state index contributed by atoms with van der Waals surface area (Å²) < 4.78 is 13.0. The van der Waals surface area contributed by atoms with Crippen LogP contribution in [-0.2, 0) is 4.79 Å². The molecule has 0 fully saturated rings. The molecule has 0 spiro atoms. The fourth-order valence-corrected chi connectivity index (χ4v) is 1.35. The first-order chi connectivity index (χ1) is 8.75. The van der Waals surface area contributed by atoms with Gasteiger partial charge >= 0.3 is 0 Å². The van der Waals surface area contributed by atoms with Gasteiger partial charge in [-0.15, -0.1) is 0 Å². The predicted octanol–water partition coefficient (Wildman–Crippen LogP) is 3.15. The second-order valence-corrected chi connectivity index (χ2v) is 5.05. The number of hydrogen-bond acceptors (Lipinski definition) is 3. The first-order valence-electron chi connectivity index (χ1n) is 5.66. The van der Waals surface area contributed by atoms with Crippen molar-refractivity contribution in [2.24, 2.45) is 5.41 Å². The molecule has 1 rings (SSSR count). The molecule has 0 atom stereocenters. The van der Waals surface area contributed by atoms with E-state index >= 15 is 0 Å². The van der Waals surface area contributed by atoms with Gasteiger partial charge in [0.15, 0.2) is 5.57 Å². The van der Waals surface area contributed by atoms with Crippen molar-refractivity contribution in [1.82, 2.24) is 0 Å². The molecule has 0 saturated heterocycles. The molecule has 0 aromatic heterocycles. The van der Waals surface area contributed by atoms with Crippen molar-refractivity contribution in [3.05, 3.63) is 41.4 Å². The Morgan fingerprint density at radius 1 is 1.42 bits per heavy atom. The lowest BCUT2D eigenvalue weighted by atomic mass is 9.90. The van der Waals surface area contributed by atoms with Gasteiger partial charge in [-0.2, -0.15) is 5.26 Å². The number of nitriles is 1. The van der Waals surface area contributed by atoms with Crippen LogP contribution >= 0.6 is 0 Å². The second kappa shape index (κ2) is 5.53. The van der Waals surface area contributed by atoms with E-state index in [0.717, 1.165) is 6.07 Å². The number of nitrogens with zero attached hydrogens (tertiary/aromatic N) is 1. The van der Waals surface area contributed by atoms with E-state index in [1.54, 1.807) is 26.8 Å². The molecule has 1 amide bonds. The molecule has 0 saturated carbocycles. The van der Waals surface area contributed by atoms with Gasteiger partial charge in [0.05, 0.1) is 0 Å². The summed E-state index contributed by atoms with van der Waals surface area (Å²) in [6.07, 6.45) is 0. The number of allylic oxidation sites excluding steroid dienone is 1. The number of anilines is 1. The molecule has 0 bridgehead atoms. The van der Waals surface area contributed by atoms with Crippen LogP contribution in [0.2, 0.25) is 0 Å². The summed E-state index contributed by atoms with van der Waals surface area (Å²) in [5.41, 5.74) is -0.874. The van der Waals surface area contributed by atoms with Gasteiger partial charge in [0.1, 0.15) is 17.6 Å². The number of carbonyl (C=O) groups excluding carboxylic acids is 1. The molecule has 0 aliphatic carbocycles. The molecular weight excluding hydrogens is 247 g/mol. The third-order valence-corrected chi connectivity index (χ3v) is 2.37. The quantitative estimate of drug-likeness (QED) is 0.488. The average Bonchev–Trinajstić information content (AvgIpc) is 2.28. The van der Waals surface area contributed by atoms with Gasteiger partial charge in [0.2, 0.25) is 0 Å². The fraction of sp³-hybridized carbons (Fsp3) is 0.286. The van der Waals surface area contributed by atoms with E-state index in [4.69, 9.17) is 5.26 Å². The lowest BCUT2D eigenvalue weighted by Crippen LogP contribution is -2.20. The number of nitrogens with one attached hydrogen (secondary N) is 1. The third-order valence-electron chi connectivity index (χ3n) is 2.37. The van der Waals surface area contributed by atoms with Crippen molar-refractivity contribution >= 4 is 11.6 Å². The maximum atomic E-state index is 13.0. The zero-order chi connectivity index (χ0) is 14.6. The molecule has 5 heteroatoms. The summed E-state index contributed by atoms with van der Waals surface area (Å²) in [6, 6.07) is 6.96. The SMILES string of the molecule is CC(C)(C)/C(O)=C(\C#N)C(=O)Nc1cccc(F)c1. The Labute approximate surface area is 111 Å². The first-order valence-corrected chi connectivity index (χ1v) is 5.66. The van der Waals surface area contributed by atoms with Gasteiger partial charge in [-0.05, 0) is 18.2 Å². The molecule has 0 radical (unpaired) electrons. The van der Waals surface area contributed by atoms with Crippen molar-refractivity contribution in [2.75, 3.05) is 5.32 Å². The molecule has 0 unspecified atom stereocenters. The molecule has 100 valence electrons. The van der Waals surface area contributed by atoms with E-state index in [2.05, 4.69) is 5.32 Å². The largest absolute Gasteiger partial charge is 0.510 e. The summed E-state index contributed by atoms with van der Waals surface area (Å²) in [6.45, 7) is 5.03. The maximum absolute atomic E-state index is 13.0. The van der Waals surface area contributed by atoms with E-state index in [1.807, 2.05) is 0 Å². The lowest BCUT2D eigenvalue weighted by Gasteiger charge is -2.18. The zero-order valence-electron chi connectivity index (χ0n) is 11.0. The van der Waals surface area contributed by atoms with Crippen LogP contribution in [0.5, 0.6) is 0 Å². The van der Waals surface area contributed by atoms with Crippen molar-refractivity contribution < 1.29 is 14.3 Å². The highest BCUT2D eigenvalue weighted by atomic mass is 19.1. The first kappa shape index (κ1) is 14.7. The Bertz CT molecular complexity index is 566. The minimum atomic E-state index is -0.763. The van der Waals surface area contributed by atoms with E-state index in [0.29, 0.717) is 0 Å². The van der Waals surface area contributed by atoms with Gasteiger partial charge in [-0.25, -0.2) is 4.39 Å². The van der Waals surface area contributed by atoms with E-state index in [9.17, 15) is 14.3 Å². The van der Waals surface area contributed by atoms with Crippen LogP contribution in [0.3, 0.4) is 0 Å². The average molecular weight is 262 g/mol. The number of hydrogen-bond donors (Lipinski definition) is 2. The summed E-state index contributed by atoms with van der Waals surface area (Å²) in [5.74, 6) is -1.57. The standard InChI is InChI=1S/C14H15FN2O2/c1-14(2,3)12(18)11(8-16)13(19)17-10-6-4-5-9(15)7-10/h4-7,18H,1-3H3,(H,17,19)/b12-11-. The minimum Gasteiger partial charge on any atom is -0.510 e. The summed E-state index contributed by atoms with van der Waals surface area (Å²) in [4.78, 5) is 11.9. The highest BCUT2D eigenvalue weighted by molar-refractivity contribution is 6.06. The van der Waals surface area contributed by atoms with Crippen molar-refractivity contribution in [1.29, 1.82) is 5.26 Å². The number of amides is 1. The van der Waals surface area contributed by atoms with Crippen molar-refractivity contribution in [3.63, 3.8) is 0 Å². The van der Waals surface area contributed by atoms with Crippen LogP contribution in [0.15, 0.2) is 35.6 Å². The minimum absolute atomic E-state index is 0.222. The maximum Gasteiger partial charge on any atom is 0.269 e. The predicted molar refractivity (Wildman–Crippen MR) is 69.8 cm³/mol. The number of aliphatic hydroxyl groups excluding tert-OH is 1. The van der Waals surface area contributed by atoms with E-state index < -0.39 is 17.1 Å². The zero-order valence-corrected chi connectivity index (χ0v) is 11.0. The molecule has 0 heterocycles. The van der Waals surface area contributed by atoms with Gasteiger partial charge < -0.3 is 10.4 Å². The highest BCUT2D eigenvalue weighted by Gasteiger charge is 2.25. The van der Waals surface area contributed by atoms with Crippen LogP contribution in [0, 0.1) is 22.6 Å². The molecule has 0 aliphatic heterocycles. The fourth-order valence-electron chi connectivity index (χ4n) is 1.35. The van der Waals surface area contributed by atoms with Crippen molar-refractivity contribution in [3.8, 4) is 6.07 Å². The Kier molecular flexibility index (Phi) is 4.28. The van der Waals surface area contributed by atoms with Crippen LogP contribution in [0.1, 0.15) is 20.8 Å². The Balaban J connectivity index is 3.03. The third kappa shape index (κ3) is 3.81. The monoisotopic (exact) mass is 262 g/mol. The summed E-state index contributed by atoms with van der Waals surface area (Å²) in [5, 5.41) is 21.2. The number of aliphatic hydroxyl groups is 1. The van der Waals surface area contributed by atoms with Gasteiger partial charge in [0.25, 0.3) is 5.91 Å². The normalized spacial score (nSPS) is 12.4. The highest BCUT2D eigenvalue weighted by Crippen LogP contribution is 2.26. The second-order valence-electron chi connectivity index (χ2n) is 5.05. The number of carbonyl (C=O) groups is 1. The Hall–Kier alpha value is -2.35. The van der Waals surface area contributed by atoms with Crippen molar-refractivity contribution in [2.45, 2.75) is 20.8 Å². The van der Waals surface area contributed by atoms with E-state index in [1.165, 1.54) is 18.2 Å². The Morgan fingerprint density at radius 3 is 2.53 bits per heavy atom. The number of halogens is 1. The molecule has 2 N–H and O–H groups in total. The van der Waals surface area contributed by atoms with Gasteiger partial charge in [-0.1, -0.05) is 26.8 Å². The molecule has 0 aliphatic rings. The molecule has 1 aromatic rings. The number of benzene rings is 1. The molecule has 19 heavy (non-hydrogen) atoms. The summed E-state index contributed by atoms with van der Waals surface area (Å²) in [7, 11) is 0. The van der Waals surface area contributed by atoms with Gasteiger partial charge in [0, 0.05) is 11.1 Å². The topological polar surface area (TPSA) is 73.1 Å². The van der Waals surface area contributed by atoms with Crippen LogP contribution in [0.25, 0.3) is 0 Å². The van der Waals surface area contributed by atoms with Crippen LogP contribution in [-0.4, -0.2) is 11.0 Å². The van der Waals surface area contributed by atoms with E-state index in [-0.39, 0.29) is 17.0 Å². The molecule has 1 aromatic carbocycles.